The molecule has 2 amide bonds. The lowest BCUT2D eigenvalue weighted by Gasteiger charge is -2.21. The van der Waals surface area contributed by atoms with Crippen molar-refractivity contribution in [3.8, 4) is 11.3 Å². The number of carbonyl (C=O) groups excluding carboxylic acids is 2. The molecule has 1 aliphatic carbocycles. The summed E-state index contributed by atoms with van der Waals surface area (Å²) in [6.45, 7) is 5.96. The van der Waals surface area contributed by atoms with Crippen molar-refractivity contribution in [1.82, 2.24) is 14.9 Å². The van der Waals surface area contributed by atoms with Crippen LogP contribution in [-0.2, 0) is 12.8 Å². The van der Waals surface area contributed by atoms with Crippen molar-refractivity contribution in [2.24, 2.45) is 0 Å². The number of benzene rings is 2. The molecule has 0 radical (unpaired) electrons. The maximum atomic E-state index is 13.1. The van der Waals surface area contributed by atoms with Gasteiger partial charge >= 0.3 is 0 Å². The molecule has 8 heteroatoms. The molecule has 2 aromatic heterocycles. The fraction of sp³-hybridized carbons (Fsp3) is 0.290. The number of aryl methyl sites for hydroxylation is 2. The lowest BCUT2D eigenvalue weighted by atomic mass is 9.99. The Morgan fingerprint density at radius 3 is 2.54 bits per heavy atom. The van der Waals surface area contributed by atoms with E-state index in [0.717, 1.165) is 45.9 Å². The van der Waals surface area contributed by atoms with Crippen molar-refractivity contribution >= 4 is 40.5 Å². The van der Waals surface area contributed by atoms with Crippen molar-refractivity contribution in [2.75, 3.05) is 17.7 Å². The Bertz CT molecular complexity index is 1490. The molecule has 0 saturated heterocycles. The number of nitrogens with zero attached hydrogens (tertiary/aromatic N) is 3. The lowest BCUT2D eigenvalue weighted by Crippen LogP contribution is -2.32. The number of fused-ring (bicyclic) bond motifs is 1. The van der Waals surface area contributed by atoms with Crippen molar-refractivity contribution in [2.45, 2.75) is 52.5 Å². The maximum absolute atomic E-state index is 13.1. The number of thiophene rings is 1. The van der Waals surface area contributed by atoms with Crippen LogP contribution in [-0.4, -0.2) is 39.8 Å². The lowest BCUT2D eigenvalue weighted by molar-refractivity contribution is 0.0754. The topological polar surface area (TPSA) is 87.2 Å². The standard InChI is InChI=1S/C31H33N5O2S/c1-19(2)36(4)30(38)21-12-14-23(15-13-21)33-31-32-17-16-26(35-31)24-9-7-10-25(20(24)3)34-29(37)28-18-22-8-5-6-11-27(22)39-28/h7,9-10,12-19H,5-6,8,11H2,1-4H3,(H,34,37)(H,32,33,35). The molecule has 0 aliphatic heterocycles. The van der Waals surface area contributed by atoms with Crippen LogP contribution in [0.3, 0.4) is 0 Å². The first-order valence-corrected chi connectivity index (χ1v) is 14.1. The van der Waals surface area contributed by atoms with E-state index in [2.05, 4.69) is 21.7 Å². The molecule has 0 atom stereocenters. The largest absolute Gasteiger partial charge is 0.339 e. The summed E-state index contributed by atoms with van der Waals surface area (Å²) >= 11 is 1.61. The second-order valence-electron chi connectivity index (χ2n) is 10.2. The fourth-order valence-corrected chi connectivity index (χ4v) is 5.82. The Morgan fingerprint density at radius 2 is 1.79 bits per heavy atom. The van der Waals surface area contributed by atoms with Crippen LogP contribution in [0.15, 0.2) is 60.8 Å². The van der Waals surface area contributed by atoms with E-state index >= 15 is 0 Å². The van der Waals surface area contributed by atoms with Gasteiger partial charge in [0.2, 0.25) is 5.95 Å². The summed E-state index contributed by atoms with van der Waals surface area (Å²) in [4.78, 5) is 38.6. The van der Waals surface area contributed by atoms with E-state index in [1.54, 1.807) is 41.6 Å². The molecule has 2 heterocycles. The number of hydrogen-bond donors (Lipinski definition) is 2. The summed E-state index contributed by atoms with van der Waals surface area (Å²) in [6.07, 6.45) is 6.25. The molecule has 0 unspecified atom stereocenters. The van der Waals surface area contributed by atoms with Crippen LogP contribution in [0, 0.1) is 6.92 Å². The summed E-state index contributed by atoms with van der Waals surface area (Å²) in [5.74, 6) is 0.362. The highest BCUT2D eigenvalue weighted by atomic mass is 32.1. The van der Waals surface area contributed by atoms with E-state index in [1.807, 2.05) is 57.2 Å². The Morgan fingerprint density at radius 1 is 1.03 bits per heavy atom. The van der Waals surface area contributed by atoms with E-state index in [0.29, 0.717) is 11.5 Å². The minimum atomic E-state index is -0.0683. The molecule has 4 aromatic rings. The Kier molecular flexibility index (Phi) is 7.74. The highest BCUT2D eigenvalue weighted by Gasteiger charge is 2.19. The Balaban J connectivity index is 1.31. The quantitative estimate of drug-likeness (QED) is 0.268. The summed E-state index contributed by atoms with van der Waals surface area (Å²) in [6, 6.07) is 17.2. The van der Waals surface area contributed by atoms with Gasteiger partial charge in [-0.05, 0) is 100 Å². The molecule has 0 fully saturated rings. The first kappa shape index (κ1) is 26.6. The van der Waals surface area contributed by atoms with Crippen LogP contribution in [0.4, 0.5) is 17.3 Å². The summed E-state index contributed by atoms with van der Waals surface area (Å²) < 4.78 is 0. The van der Waals surface area contributed by atoms with Crippen LogP contribution in [0.5, 0.6) is 0 Å². The Hall–Kier alpha value is -4.04. The van der Waals surface area contributed by atoms with Gasteiger partial charge in [-0.15, -0.1) is 11.3 Å². The molecule has 7 nitrogen and oxygen atoms in total. The first-order valence-electron chi connectivity index (χ1n) is 13.3. The predicted octanol–water partition coefficient (Wildman–Crippen LogP) is 6.87. The highest BCUT2D eigenvalue weighted by molar-refractivity contribution is 7.14. The predicted molar refractivity (Wildman–Crippen MR) is 158 cm³/mol. The summed E-state index contributed by atoms with van der Waals surface area (Å²) in [7, 11) is 1.80. The third-order valence-electron chi connectivity index (χ3n) is 7.22. The smallest absolute Gasteiger partial charge is 0.265 e. The van der Waals surface area contributed by atoms with Gasteiger partial charge in [0.05, 0.1) is 10.6 Å². The van der Waals surface area contributed by atoms with Crippen LogP contribution in [0.25, 0.3) is 11.3 Å². The molecule has 1 aliphatic rings. The molecular weight excluding hydrogens is 506 g/mol. The second-order valence-corrected chi connectivity index (χ2v) is 11.3. The second kappa shape index (κ2) is 11.4. The molecule has 2 N–H and O–H groups in total. The molecule has 0 spiro atoms. The van der Waals surface area contributed by atoms with Crippen molar-refractivity contribution in [1.29, 1.82) is 0 Å². The monoisotopic (exact) mass is 539 g/mol. The number of aromatic nitrogens is 2. The highest BCUT2D eigenvalue weighted by Crippen LogP contribution is 2.32. The van der Waals surface area contributed by atoms with Gasteiger partial charge in [-0.1, -0.05) is 12.1 Å². The number of rotatable bonds is 7. The van der Waals surface area contributed by atoms with Crippen molar-refractivity contribution in [3.05, 3.63) is 87.2 Å². The van der Waals surface area contributed by atoms with E-state index in [1.165, 1.54) is 23.3 Å². The first-order chi connectivity index (χ1) is 18.8. The fourth-order valence-electron chi connectivity index (χ4n) is 4.67. The molecule has 5 rings (SSSR count). The average molecular weight is 540 g/mol. The van der Waals surface area contributed by atoms with Gasteiger partial charge in [0, 0.05) is 46.7 Å². The minimum Gasteiger partial charge on any atom is -0.339 e. The van der Waals surface area contributed by atoms with Crippen LogP contribution in [0.2, 0.25) is 0 Å². The van der Waals surface area contributed by atoms with E-state index < -0.39 is 0 Å². The van der Waals surface area contributed by atoms with E-state index in [4.69, 9.17) is 4.98 Å². The third-order valence-corrected chi connectivity index (χ3v) is 8.45. The van der Waals surface area contributed by atoms with Gasteiger partial charge < -0.3 is 15.5 Å². The molecule has 0 bridgehead atoms. The maximum Gasteiger partial charge on any atom is 0.265 e. The summed E-state index contributed by atoms with van der Waals surface area (Å²) in [5.41, 5.74) is 6.11. The van der Waals surface area contributed by atoms with Gasteiger partial charge in [0.25, 0.3) is 11.8 Å². The van der Waals surface area contributed by atoms with E-state index in [9.17, 15) is 9.59 Å². The Labute approximate surface area is 233 Å². The van der Waals surface area contributed by atoms with Crippen molar-refractivity contribution < 1.29 is 9.59 Å². The number of nitrogens with one attached hydrogen (secondary N) is 2. The number of anilines is 3. The van der Waals surface area contributed by atoms with E-state index in [-0.39, 0.29) is 17.9 Å². The van der Waals surface area contributed by atoms with Gasteiger partial charge in [0.15, 0.2) is 0 Å². The van der Waals surface area contributed by atoms with Crippen LogP contribution >= 0.6 is 11.3 Å². The molecule has 39 heavy (non-hydrogen) atoms. The summed E-state index contributed by atoms with van der Waals surface area (Å²) in [5, 5.41) is 6.34. The average Bonchev–Trinajstić information content (AvgIpc) is 3.39. The minimum absolute atomic E-state index is 0.0177. The van der Waals surface area contributed by atoms with Gasteiger partial charge in [-0.25, -0.2) is 9.97 Å². The number of amides is 2. The van der Waals surface area contributed by atoms with Gasteiger partial charge in [0.1, 0.15) is 0 Å². The zero-order valence-corrected chi connectivity index (χ0v) is 23.6. The molecule has 0 saturated carbocycles. The van der Waals surface area contributed by atoms with Crippen LogP contribution < -0.4 is 10.6 Å². The normalized spacial score (nSPS) is 12.6. The number of carbonyl (C=O) groups is 2. The zero-order valence-electron chi connectivity index (χ0n) is 22.7. The number of hydrogen-bond acceptors (Lipinski definition) is 6. The van der Waals surface area contributed by atoms with Crippen LogP contribution in [0.1, 0.15) is 62.7 Å². The third kappa shape index (κ3) is 5.86. The molecule has 200 valence electrons. The zero-order chi connectivity index (χ0) is 27.5. The van der Waals surface area contributed by atoms with Gasteiger partial charge in [-0.2, -0.15) is 0 Å². The van der Waals surface area contributed by atoms with Gasteiger partial charge in [-0.3, -0.25) is 9.59 Å². The molecular formula is C31H33N5O2S. The van der Waals surface area contributed by atoms with Crippen molar-refractivity contribution in [3.63, 3.8) is 0 Å². The molecule has 2 aromatic carbocycles. The SMILES string of the molecule is Cc1c(NC(=O)c2cc3c(s2)CCCC3)cccc1-c1ccnc(Nc2ccc(C(=O)N(C)C(C)C)cc2)n1.